The highest BCUT2D eigenvalue weighted by molar-refractivity contribution is 5.43. The Hall–Kier alpha value is -3.04. The number of hydrogen-bond acceptors (Lipinski definition) is 5. The molecule has 4 rings (SSSR count). The molecule has 1 unspecified atom stereocenters. The van der Waals surface area contributed by atoms with Gasteiger partial charge in [-0.2, -0.15) is 13.2 Å². The van der Waals surface area contributed by atoms with E-state index >= 15 is 4.39 Å². The molecule has 0 bridgehead atoms. The second-order valence-corrected chi connectivity index (χ2v) is 10.7. The first kappa shape index (κ1) is 29.9. The summed E-state index contributed by atoms with van der Waals surface area (Å²) in [5.41, 5.74) is 2.91. The maximum Gasteiger partial charge on any atom is 0.416 e. The monoisotopic (exact) mass is 558 g/mol. The lowest BCUT2D eigenvalue weighted by atomic mass is 10.1. The summed E-state index contributed by atoms with van der Waals surface area (Å²) in [6.07, 6.45) is 2.91. The molecule has 1 heterocycles. The van der Waals surface area contributed by atoms with Crippen LogP contribution >= 0.6 is 0 Å². The summed E-state index contributed by atoms with van der Waals surface area (Å²) in [7, 11) is 0. The van der Waals surface area contributed by atoms with Crippen LogP contribution in [0.1, 0.15) is 67.0 Å². The molecule has 216 valence electrons. The maximum absolute atomic E-state index is 15.4. The van der Waals surface area contributed by atoms with Gasteiger partial charge in [0.2, 0.25) is 0 Å². The molecule has 2 aromatic carbocycles. The van der Waals surface area contributed by atoms with Gasteiger partial charge in [-0.05, 0) is 93.7 Å². The summed E-state index contributed by atoms with van der Waals surface area (Å²) in [5, 5.41) is 12.9. The Morgan fingerprint density at radius 2 is 1.60 bits per heavy atom. The van der Waals surface area contributed by atoms with E-state index in [0.717, 1.165) is 67.5 Å². The number of alkyl halides is 3. The smallest absolute Gasteiger partial charge is 0.393 e. The number of hydrogen-bond donors (Lipinski definition) is 2. The van der Waals surface area contributed by atoms with Crippen molar-refractivity contribution < 1.29 is 22.7 Å². The van der Waals surface area contributed by atoms with Crippen LogP contribution in [0.15, 0.2) is 54.9 Å². The lowest BCUT2D eigenvalue weighted by molar-refractivity contribution is -0.137. The third-order valence-corrected chi connectivity index (χ3v) is 7.15. The summed E-state index contributed by atoms with van der Waals surface area (Å²) in [6, 6.07) is 13.7. The van der Waals surface area contributed by atoms with Crippen LogP contribution < -0.4 is 10.2 Å². The zero-order valence-corrected chi connectivity index (χ0v) is 22.9. The molecule has 1 fully saturated rings. The zero-order valence-electron chi connectivity index (χ0n) is 22.9. The SMILES string of the molecule is CC(O)Cc1ccc(CNCCCc2ncnc(N(CCCCc3ccc(C(F)(F)F)cc3)C3CC3)c2F)cc1. The van der Waals surface area contributed by atoms with Crippen molar-refractivity contribution in [2.75, 3.05) is 18.0 Å². The molecule has 1 saturated carbocycles. The Balaban J connectivity index is 1.22. The number of unbranched alkanes of at least 4 members (excludes halogenated alkanes) is 1. The van der Waals surface area contributed by atoms with Crippen molar-refractivity contribution in [2.45, 2.75) is 83.2 Å². The van der Waals surface area contributed by atoms with Gasteiger partial charge in [0.05, 0.1) is 17.4 Å². The Morgan fingerprint density at radius 1 is 0.925 bits per heavy atom. The van der Waals surface area contributed by atoms with E-state index in [1.807, 2.05) is 17.0 Å². The van der Waals surface area contributed by atoms with Crippen molar-refractivity contribution >= 4 is 5.82 Å². The molecule has 2 N–H and O–H groups in total. The molecule has 1 aliphatic rings. The highest BCUT2D eigenvalue weighted by Crippen LogP contribution is 2.33. The Labute approximate surface area is 233 Å². The van der Waals surface area contributed by atoms with Crippen molar-refractivity contribution in [3.8, 4) is 0 Å². The van der Waals surface area contributed by atoms with Gasteiger partial charge in [0.15, 0.2) is 11.6 Å². The standard InChI is InChI=1S/C31H38F4N4O/c1-22(40)19-24-7-9-25(10-8-24)20-36-17-4-6-28-29(32)30(38-21-37-28)39(27-15-16-27)18-3-2-5-23-11-13-26(14-12-23)31(33,34)35/h7-14,21-22,27,36,40H,2-6,15-20H2,1H3. The second kappa shape index (κ2) is 14.0. The molecular weight excluding hydrogens is 520 g/mol. The first-order chi connectivity index (χ1) is 19.2. The number of aliphatic hydroxyl groups excluding tert-OH is 1. The Kier molecular flexibility index (Phi) is 10.5. The van der Waals surface area contributed by atoms with Crippen LogP contribution in [0.3, 0.4) is 0 Å². The van der Waals surface area contributed by atoms with Gasteiger partial charge in [0.1, 0.15) is 6.33 Å². The molecule has 0 amide bonds. The van der Waals surface area contributed by atoms with Gasteiger partial charge in [0.25, 0.3) is 0 Å². The summed E-state index contributed by atoms with van der Waals surface area (Å²) < 4.78 is 53.7. The number of aromatic nitrogens is 2. The topological polar surface area (TPSA) is 61.3 Å². The first-order valence-electron chi connectivity index (χ1n) is 14.1. The zero-order chi connectivity index (χ0) is 28.5. The van der Waals surface area contributed by atoms with Crippen LogP contribution in [0.25, 0.3) is 0 Å². The van der Waals surface area contributed by atoms with Crippen LogP contribution in [-0.2, 0) is 32.0 Å². The fraction of sp³-hybridized carbons (Fsp3) is 0.484. The summed E-state index contributed by atoms with van der Waals surface area (Å²) in [6.45, 7) is 3.87. The van der Waals surface area contributed by atoms with E-state index in [2.05, 4.69) is 27.4 Å². The minimum atomic E-state index is -4.33. The molecule has 1 atom stereocenters. The van der Waals surface area contributed by atoms with Crippen molar-refractivity contribution in [1.82, 2.24) is 15.3 Å². The van der Waals surface area contributed by atoms with Crippen molar-refractivity contribution in [1.29, 1.82) is 0 Å². The van der Waals surface area contributed by atoms with Gasteiger partial charge in [-0.15, -0.1) is 0 Å². The minimum Gasteiger partial charge on any atom is -0.393 e. The Bertz CT molecular complexity index is 1200. The number of rotatable bonds is 15. The molecule has 1 aliphatic carbocycles. The first-order valence-corrected chi connectivity index (χ1v) is 14.1. The fourth-order valence-electron chi connectivity index (χ4n) is 4.84. The van der Waals surface area contributed by atoms with Gasteiger partial charge in [-0.25, -0.2) is 14.4 Å². The van der Waals surface area contributed by atoms with Crippen LogP contribution in [0.5, 0.6) is 0 Å². The van der Waals surface area contributed by atoms with Gasteiger partial charge in [0, 0.05) is 19.1 Å². The van der Waals surface area contributed by atoms with E-state index in [9.17, 15) is 18.3 Å². The second-order valence-electron chi connectivity index (χ2n) is 10.7. The molecule has 0 radical (unpaired) electrons. The van der Waals surface area contributed by atoms with Gasteiger partial charge < -0.3 is 15.3 Å². The van der Waals surface area contributed by atoms with Crippen molar-refractivity contribution in [2.24, 2.45) is 0 Å². The number of halogens is 4. The number of anilines is 1. The summed E-state index contributed by atoms with van der Waals surface area (Å²) in [4.78, 5) is 10.5. The number of aryl methyl sites for hydroxylation is 2. The van der Waals surface area contributed by atoms with Gasteiger partial charge in [-0.1, -0.05) is 36.4 Å². The summed E-state index contributed by atoms with van der Waals surface area (Å²) >= 11 is 0. The molecule has 1 aromatic heterocycles. The lowest BCUT2D eigenvalue weighted by Gasteiger charge is -2.24. The molecule has 3 aromatic rings. The van der Waals surface area contributed by atoms with E-state index in [-0.39, 0.29) is 18.0 Å². The highest BCUT2D eigenvalue weighted by Gasteiger charge is 2.32. The molecule has 5 nitrogen and oxygen atoms in total. The van der Waals surface area contributed by atoms with Gasteiger partial charge in [-0.3, -0.25) is 0 Å². The number of nitrogens with zero attached hydrogens (tertiary/aromatic N) is 3. The predicted octanol–water partition coefficient (Wildman–Crippen LogP) is 6.27. The van der Waals surface area contributed by atoms with Crippen LogP contribution in [-0.4, -0.2) is 40.3 Å². The third kappa shape index (κ3) is 8.99. The largest absolute Gasteiger partial charge is 0.416 e. The molecule has 0 spiro atoms. The molecule has 9 heteroatoms. The summed E-state index contributed by atoms with van der Waals surface area (Å²) in [5.74, 6) is -0.00174. The van der Waals surface area contributed by atoms with Crippen molar-refractivity contribution in [3.63, 3.8) is 0 Å². The van der Waals surface area contributed by atoms with E-state index in [0.29, 0.717) is 43.9 Å². The number of nitrogens with one attached hydrogen (secondary N) is 1. The van der Waals surface area contributed by atoms with Crippen LogP contribution in [0.2, 0.25) is 0 Å². The number of aliphatic hydroxyl groups is 1. The van der Waals surface area contributed by atoms with Crippen LogP contribution in [0, 0.1) is 5.82 Å². The normalized spacial score (nSPS) is 14.3. The molecule has 0 aliphatic heterocycles. The average molecular weight is 559 g/mol. The van der Waals surface area contributed by atoms with Crippen molar-refractivity contribution in [3.05, 3.63) is 88.6 Å². The minimum absolute atomic E-state index is 0.275. The molecule has 0 saturated heterocycles. The quantitative estimate of drug-likeness (QED) is 0.170. The highest BCUT2D eigenvalue weighted by atomic mass is 19.4. The van der Waals surface area contributed by atoms with Gasteiger partial charge >= 0.3 is 6.18 Å². The van der Waals surface area contributed by atoms with E-state index in [4.69, 9.17) is 0 Å². The lowest BCUT2D eigenvalue weighted by Crippen LogP contribution is -2.29. The number of benzene rings is 2. The third-order valence-electron chi connectivity index (χ3n) is 7.15. The van der Waals surface area contributed by atoms with Crippen LogP contribution in [0.4, 0.5) is 23.4 Å². The fourth-order valence-corrected chi connectivity index (χ4v) is 4.84. The maximum atomic E-state index is 15.4. The molecule has 40 heavy (non-hydrogen) atoms. The van der Waals surface area contributed by atoms with E-state index < -0.39 is 11.7 Å². The average Bonchev–Trinajstić information content (AvgIpc) is 3.76. The van der Waals surface area contributed by atoms with E-state index in [1.165, 1.54) is 18.5 Å². The predicted molar refractivity (Wildman–Crippen MR) is 149 cm³/mol. The Morgan fingerprint density at radius 3 is 2.25 bits per heavy atom. The van der Waals surface area contributed by atoms with E-state index in [1.54, 1.807) is 6.92 Å². The molecular formula is C31H38F4N4O.